The third-order valence-electron chi connectivity index (χ3n) is 4.38. The van der Waals surface area contributed by atoms with Crippen molar-refractivity contribution in [1.82, 2.24) is 10.2 Å². The lowest BCUT2D eigenvalue weighted by Gasteiger charge is -2.46. The van der Waals surface area contributed by atoms with Crippen LogP contribution in [0.5, 0.6) is 0 Å². The molecular weight excluding hydrogens is 272 g/mol. The molecule has 2 heterocycles. The maximum atomic E-state index is 12.9. The third-order valence-corrected chi connectivity index (χ3v) is 5.42. The topological polar surface area (TPSA) is 49.4 Å². The zero-order chi connectivity index (χ0) is 14.9. The Kier molecular flexibility index (Phi) is 4.18. The van der Waals surface area contributed by atoms with Crippen LogP contribution in [0, 0.1) is 0 Å². The fourth-order valence-corrected chi connectivity index (χ4v) is 3.63. The minimum absolute atomic E-state index is 0.0375. The van der Waals surface area contributed by atoms with Crippen LogP contribution in [-0.2, 0) is 9.59 Å². The minimum Gasteiger partial charge on any atom is -0.340 e. The van der Waals surface area contributed by atoms with E-state index >= 15 is 0 Å². The zero-order valence-electron chi connectivity index (χ0n) is 12.5. The van der Waals surface area contributed by atoms with Crippen LogP contribution in [0.1, 0.15) is 51.5 Å². The lowest BCUT2D eigenvalue weighted by molar-refractivity contribution is -0.157. The van der Waals surface area contributed by atoms with E-state index in [0.29, 0.717) is 12.8 Å². The van der Waals surface area contributed by atoms with Gasteiger partial charge >= 0.3 is 0 Å². The van der Waals surface area contributed by atoms with Crippen LogP contribution in [-0.4, -0.2) is 28.3 Å². The molecule has 1 aromatic rings. The summed E-state index contributed by atoms with van der Waals surface area (Å²) in [6, 6.07) is 3.50. The lowest BCUT2D eigenvalue weighted by Crippen LogP contribution is -2.69. The maximum absolute atomic E-state index is 12.9. The second kappa shape index (κ2) is 5.56. The molecule has 1 fully saturated rings. The lowest BCUT2D eigenvalue weighted by atomic mass is 9.86. The van der Waals surface area contributed by atoms with Gasteiger partial charge in [0.2, 0.25) is 11.8 Å². The van der Waals surface area contributed by atoms with Crippen LogP contribution < -0.4 is 5.32 Å². The highest BCUT2D eigenvalue weighted by atomic mass is 32.1. The smallest absolute Gasteiger partial charge is 0.249 e. The predicted octanol–water partition coefficient (Wildman–Crippen LogP) is 2.71. The summed E-state index contributed by atoms with van der Waals surface area (Å²) in [7, 11) is 0. The van der Waals surface area contributed by atoms with Gasteiger partial charge in [-0.1, -0.05) is 19.9 Å². The molecule has 0 saturated carbocycles. The summed E-state index contributed by atoms with van der Waals surface area (Å²) in [4.78, 5) is 28.0. The van der Waals surface area contributed by atoms with E-state index in [2.05, 4.69) is 5.32 Å². The number of rotatable bonds is 4. The van der Waals surface area contributed by atoms with Crippen LogP contribution in [0.25, 0.3) is 0 Å². The highest BCUT2D eigenvalue weighted by Gasteiger charge is 2.49. The summed E-state index contributed by atoms with van der Waals surface area (Å²) in [5, 5.41) is 4.93. The van der Waals surface area contributed by atoms with Gasteiger partial charge in [0, 0.05) is 4.88 Å². The SMILES string of the molecule is CCC1(CC)NC(=O)C(C)N(C(C)c2cccs2)C1=O. The number of nitrogens with one attached hydrogen (secondary N) is 1. The van der Waals surface area contributed by atoms with Crippen molar-refractivity contribution in [2.24, 2.45) is 0 Å². The normalized spacial score (nSPS) is 23.6. The third kappa shape index (κ3) is 2.24. The number of carbonyl (C=O) groups excluding carboxylic acids is 2. The van der Waals surface area contributed by atoms with Crippen molar-refractivity contribution >= 4 is 23.2 Å². The first-order valence-corrected chi connectivity index (χ1v) is 8.03. The quantitative estimate of drug-likeness (QED) is 0.928. The first-order valence-electron chi connectivity index (χ1n) is 7.15. The number of thiophene rings is 1. The van der Waals surface area contributed by atoms with Gasteiger partial charge in [0.15, 0.2) is 0 Å². The van der Waals surface area contributed by atoms with Gasteiger partial charge in [0.1, 0.15) is 11.6 Å². The van der Waals surface area contributed by atoms with E-state index in [0.717, 1.165) is 4.88 Å². The first-order chi connectivity index (χ1) is 9.46. The Hall–Kier alpha value is -1.36. The van der Waals surface area contributed by atoms with E-state index in [9.17, 15) is 9.59 Å². The van der Waals surface area contributed by atoms with Crippen molar-refractivity contribution in [1.29, 1.82) is 0 Å². The van der Waals surface area contributed by atoms with Crippen molar-refractivity contribution in [3.63, 3.8) is 0 Å². The standard InChI is InChI=1S/C15H22N2O2S/c1-5-15(6-2)14(19)17(11(4)13(18)16-15)10(3)12-8-7-9-20-12/h7-11H,5-6H2,1-4H3,(H,16,18). The molecule has 0 radical (unpaired) electrons. The zero-order valence-corrected chi connectivity index (χ0v) is 13.3. The van der Waals surface area contributed by atoms with Gasteiger partial charge in [-0.3, -0.25) is 9.59 Å². The average molecular weight is 294 g/mol. The van der Waals surface area contributed by atoms with Crippen molar-refractivity contribution in [3.05, 3.63) is 22.4 Å². The molecule has 20 heavy (non-hydrogen) atoms. The number of carbonyl (C=O) groups is 2. The second-order valence-corrected chi connectivity index (χ2v) is 6.34. The number of amides is 2. The van der Waals surface area contributed by atoms with Crippen LogP contribution in [0.2, 0.25) is 0 Å². The molecule has 5 heteroatoms. The molecule has 1 saturated heterocycles. The molecule has 1 aliphatic heterocycles. The van der Waals surface area contributed by atoms with Crippen molar-refractivity contribution in [2.45, 2.75) is 58.2 Å². The van der Waals surface area contributed by atoms with Gasteiger partial charge in [0.25, 0.3) is 0 Å². The monoisotopic (exact) mass is 294 g/mol. The molecule has 1 N–H and O–H groups in total. The van der Waals surface area contributed by atoms with Crippen LogP contribution in [0.15, 0.2) is 17.5 Å². The largest absolute Gasteiger partial charge is 0.340 e. The van der Waals surface area contributed by atoms with E-state index in [1.54, 1.807) is 23.2 Å². The fraction of sp³-hybridized carbons (Fsp3) is 0.600. The Labute approximate surface area is 124 Å². The Morgan fingerprint density at radius 1 is 1.40 bits per heavy atom. The summed E-state index contributed by atoms with van der Waals surface area (Å²) in [6.07, 6.45) is 1.24. The molecule has 0 aliphatic carbocycles. The van der Waals surface area contributed by atoms with Crippen molar-refractivity contribution in [3.8, 4) is 0 Å². The van der Waals surface area contributed by atoms with Gasteiger partial charge in [-0.25, -0.2) is 0 Å². The Balaban J connectivity index is 2.38. The summed E-state index contributed by atoms with van der Waals surface area (Å²) < 4.78 is 0. The first kappa shape index (κ1) is 15.0. The van der Waals surface area contributed by atoms with Gasteiger partial charge < -0.3 is 10.2 Å². The summed E-state index contributed by atoms with van der Waals surface area (Å²) in [6.45, 7) is 7.69. The fourth-order valence-electron chi connectivity index (χ4n) is 2.85. The molecule has 4 nitrogen and oxygen atoms in total. The average Bonchev–Trinajstić information content (AvgIpc) is 2.97. The van der Waals surface area contributed by atoms with Crippen LogP contribution in [0.4, 0.5) is 0 Å². The summed E-state index contributed by atoms with van der Waals surface area (Å²) in [5.74, 6) is -0.0211. The van der Waals surface area contributed by atoms with Gasteiger partial charge in [-0.05, 0) is 38.1 Å². The van der Waals surface area contributed by atoms with Gasteiger partial charge in [-0.2, -0.15) is 0 Å². The predicted molar refractivity (Wildman–Crippen MR) is 80.5 cm³/mol. The van der Waals surface area contributed by atoms with Crippen LogP contribution >= 0.6 is 11.3 Å². The number of hydrogen-bond acceptors (Lipinski definition) is 3. The molecule has 1 aromatic heterocycles. The number of hydrogen-bond donors (Lipinski definition) is 1. The Bertz CT molecular complexity index is 494. The van der Waals surface area contributed by atoms with E-state index in [1.165, 1.54) is 0 Å². The van der Waals surface area contributed by atoms with Gasteiger partial charge in [0.05, 0.1) is 6.04 Å². The number of nitrogens with zero attached hydrogens (tertiary/aromatic N) is 1. The highest BCUT2D eigenvalue weighted by molar-refractivity contribution is 7.10. The molecular formula is C15H22N2O2S. The molecule has 110 valence electrons. The van der Waals surface area contributed by atoms with Gasteiger partial charge in [-0.15, -0.1) is 11.3 Å². The Morgan fingerprint density at radius 3 is 2.55 bits per heavy atom. The second-order valence-electron chi connectivity index (χ2n) is 5.36. The molecule has 0 aromatic carbocycles. The molecule has 0 spiro atoms. The summed E-state index contributed by atoms with van der Waals surface area (Å²) >= 11 is 1.62. The van der Waals surface area contributed by atoms with E-state index in [4.69, 9.17) is 0 Å². The molecule has 2 amide bonds. The molecule has 2 unspecified atom stereocenters. The summed E-state index contributed by atoms with van der Waals surface area (Å²) in [5.41, 5.74) is -0.741. The van der Waals surface area contributed by atoms with E-state index < -0.39 is 11.6 Å². The molecule has 0 bridgehead atoms. The van der Waals surface area contributed by atoms with Crippen molar-refractivity contribution in [2.75, 3.05) is 0 Å². The van der Waals surface area contributed by atoms with Crippen LogP contribution in [0.3, 0.4) is 0 Å². The molecule has 2 atom stereocenters. The van der Waals surface area contributed by atoms with E-state index in [1.807, 2.05) is 38.3 Å². The molecule has 2 rings (SSSR count). The highest BCUT2D eigenvalue weighted by Crippen LogP contribution is 2.33. The maximum Gasteiger partial charge on any atom is 0.249 e. The Morgan fingerprint density at radius 2 is 2.05 bits per heavy atom. The van der Waals surface area contributed by atoms with E-state index in [-0.39, 0.29) is 17.9 Å². The minimum atomic E-state index is -0.741. The molecule has 1 aliphatic rings. The van der Waals surface area contributed by atoms with Crippen molar-refractivity contribution < 1.29 is 9.59 Å². The number of piperazine rings is 1.